The summed E-state index contributed by atoms with van der Waals surface area (Å²) in [5.41, 5.74) is 1.11. The van der Waals surface area contributed by atoms with Gasteiger partial charge < -0.3 is 10.3 Å². The molecule has 0 aliphatic heterocycles. The molecule has 3 heteroatoms. The molecule has 0 spiro atoms. The van der Waals surface area contributed by atoms with Gasteiger partial charge in [0.15, 0.2) is 0 Å². The standard InChI is InChI=1S/C9H13NO2/c1-10(12)7-6-8-2-4-9(11)5-3-8/h2-5,11-12H,6-7H2,1H3. The van der Waals surface area contributed by atoms with Crippen LogP contribution < -0.4 is 0 Å². The Bertz CT molecular complexity index is 231. The van der Waals surface area contributed by atoms with Crippen molar-refractivity contribution in [2.75, 3.05) is 13.6 Å². The fourth-order valence-electron chi connectivity index (χ4n) is 0.954. The Morgan fingerprint density at radius 2 is 1.83 bits per heavy atom. The Morgan fingerprint density at radius 3 is 2.33 bits per heavy atom. The molecule has 0 aromatic heterocycles. The number of hydrogen-bond acceptors (Lipinski definition) is 3. The quantitative estimate of drug-likeness (QED) is 0.666. The SMILES string of the molecule is CN(O)CCc1ccc(O)cc1. The van der Waals surface area contributed by atoms with E-state index in [1.807, 2.05) is 12.1 Å². The van der Waals surface area contributed by atoms with Gasteiger partial charge in [-0.25, -0.2) is 0 Å². The molecule has 2 N–H and O–H groups in total. The van der Waals surface area contributed by atoms with Gasteiger partial charge in [-0.15, -0.1) is 0 Å². The van der Waals surface area contributed by atoms with Crippen LogP contribution in [-0.2, 0) is 6.42 Å². The van der Waals surface area contributed by atoms with E-state index in [-0.39, 0.29) is 5.75 Å². The first-order valence-electron chi connectivity index (χ1n) is 3.86. The van der Waals surface area contributed by atoms with Crippen molar-refractivity contribution >= 4 is 0 Å². The highest BCUT2D eigenvalue weighted by atomic mass is 16.5. The number of phenols is 1. The highest BCUT2D eigenvalue weighted by Crippen LogP contribution is 2.09. The highest BCUT2D eigenvalue weighted by molar-refractivity contribution is 5.25. The van der Waals surface area contributed by atoms with E-state index in [1.165, 1.54) is 0 Å². The van der Waals surface area contributed by atoms with Crippen molar-refractivity contribution in [3.8, 4) is 5.75 Å². The molecule has 3 nitrogen and oxygen atoms in total. The van der Waals surface area contributed by atoms with Gasteiger partial charge in [-0.1, -0.05) is 12.1 Å². The second-order valence-electron chi connectivity index (χ2n) is 2.80. The third-order valence-electron chi connectivity index (χ3n) is 1.66. The van der Waals surface area contributed by atoms with Crippen molar-refractivity contribution < 1.29 is 10.3 Å². The average molecular weight is 167 g/mol. The fourth-order valence-corrected chi connectivity index (χ4v) is 0.954. The molecular formula is C9H13NO2. The molecule has 0 bridgehead atoms. The van der Waals surface area contributed by atoms with Gasteiger partial charge in [0.1, 0.15) is 5.75 Å². The molecule has 0 saturated heterocycles. The average Bonchev–Trinajstić information content (AvgIpc) is 2.03. The van der Waals surface area contributed by atoms with E-state index in [4.69, 9.17) is 10.3 Å². The van der Waals surface area contributed by atoms with Crippen molar-refractivity contribution in [1.29, 1.82) is 0 Å². The van der Waals surface area contributed by atoms with E-state index in [0.29, 0.717) is 6.54 Å². The van der Waals surface area contributed by atoms with Crippen LogP contribution in [0.3, 0.4) is 0 Å². The van der Waals surface area contributed by atoms with Gasteiger partial charge in [0.05, 0.1) is 0 Å². The maximum atomic E-state index is 8.97. The predicted octanol–water partition coefficient (Wildman–Crippen LogP) is 1.26. The predicted molar refractivity (Wildman–Crippen MR) is 46.2 cm³/mol. The molecular weight excluding hydrogens is 154 g/mol. The normalized spacial score (nSPS) is 10.6. The van der Waals surface area contributed by atoms with Gasteiger partial charge in [-0.2, -0.15) is 5.06 Å². The van der Waals surface area contributed by atoms with Gasteiger partial charge in [0.2, 0.25) is 0 Å². The minimum absolute atomic E-state index is 0.274. The first-order valence-corrected chi connectivity index (χ1v) is 3.86. The Hall–Kier alpha value is -1.06. The van der Waals surface area contributed by atoms with Gasteiger partial charge in [-0.3, -0.25) is 0 Å². The maximum Gasteiger partial charge on any atom is 0.115 e. The Morgan fingerprint density at radius 1 is 1.25 bits per heavy atom. The van der Waals surface area contributed by atoms with Crippen molar-refractivity contribution in [3.63, 3.8) is 0 Å². The first kappa shape index (κ1) is 9.03. The molecule has 0 atom stereocenters. The van der Waals surface area contributed by atoms with Gasteiger partial charge in [0.25, 0.3) is 0 Å². The lowest BCUT2D eigenvalue weighted by molar-refractivity contribution is -0.0634. The van der Waals surface area contributed by atoms with E-state index in [0.717, 1.165) is 17.0 Å². The molecule has 0 fully saturated rings. The molecule has 0 unspecified atom stereocenters. The van der Waals surface area contributed by atoms with Crippen LogP contribution in [0.15, 0.2) is 24.3 Å². The van der Waals surface area contributed by atoms with Crippen LogP contribution in [0.1, 0.15) is 5.56 Å². The monoisotopic (exact) mass is 167 g/mol. The molecule has 66 valence electrons. The number of hydrogen-bond donors (Lipinski definition) is 2. The van der Waals surface area contributed by atoms with Crippen LogP contribution in [-0.4, -0.2) is 29.0 Å². The zero-order valence-electron chi connectivity index (χ0n) is 7.07. The topological polar surface area (TPSA) is 43.7 Å². The highest BCUT2D eigenvalue weighted by Gasteiger charge is 1.95. The van der Waals surface area contributed by atoms with Crippen molar-refractivity contribution in [2.24, 2.45) is 0 Å². The minimum Gasteiger partial charge on any atom is -0.508 e. The number of nitrogens with zero attached hydrogens (tertiary/aromatic N) is 1. The van der Waals surface area contributed by atoms with Crippen LogP contribution in [0.4, 0.5) is 0 Å². The zero-order valence-corrected chi connectivity index (χ0v) is 7.07. The van der Waals surface area contributed by atoms with Crippen LogP contribution in [0, 0.1) is 0 Å². The van der Waals surface area contributed by atoms with E-state index >= 15 is 0 Å². The van der Waals surface area contributed by atoms with E-state index in [9.17, 15) is 0 Å². The maximum absolute atomic E-state index is 8.97. The summed E-state index contributed by atoms with van der Waals surface area (Å²) in [5.74, 6) is 0.274. The summed E-state index contributed by atoms with van der Waals surface area (Å²) in [5, 5.41) is 19.0. The zero-order chi connectivity index (χ0) is 8.97. The Labute approximate surface area is 71.8 Å². The second kappa shape index (κ2) is 4.09. The van der Waals surface area contributed by atoms with Crippen LogP contribution in [0.2, 0.25) is 0 Å². The number of hydroxylamine groups is 2. The van der Waals surface area contributed by atoms with Crippen molar-refractivity contribution in [2.45, 2.75) is 6.42 Å². The molecule has 1 rings (SSSR count). The molecule has 0 radical (unpaired) electrons. The van der Waals surface area contributed by atoms with Gasteiger partial charge in [-0.05, 0) is 24.1 Å². The lowest BCUT2D eigenvalue weighted by Gasteiger charge is -2.07. The molecule has 0 aliphatic rings. The van der Waals surface area contributed by atoms with Crippen LogP contribution >= 0.6 is 0 Å². The Kier molecular flexibility index (Phi) is 3.08. The van der Waals surface area contributed by atoms with Gasteiger partial charge >= 0.3 is 0 Å². The largest absolute Gasteiger partial charge is 0.508 e. The molecule has 0 heterocycles. The number of phenolic OH excluding ortho intramolecular Hbond substituents is 1. The summed E-state index contributed by atoms with van der Waals surface area (Å²) in [6, 6.07) is 6.98. The summed E-state index contributed by atoms with van der Waals surface area (Å²) >= 11 is 0. The van der Waals surface area contributed by atoms with Gasteiger partial charge in [0, 0.05) is 13.6 Å². The lowest BCUT2D eigenvalue weighted by Crippen LogP contribution is -2.15. The van der Waals surface area contributed by atoms with Crippen molar-refractivity contribution in [1.82, 2.24) is 5.06 Å². The lowest BCUT2D eigenvalue weighted by atomic mass is 10.1. The summed E-state index contributed by atoms with van der Waals surface area (Å²) < 4.78 is 0. The van der Waals surface area contributed by atoms with Crippen LogP contribution in [0.25, 0.3) is 0 Å². The summed E-state index contributed by atoms with van der Waals surface area (Å²) in [4.78, 5) is 0. The summed E-state index contributed by atoms with van der Waals surface area (Å²) in [6.07, 6.45) is 0.785. The molecule has 1 aromatic rings. The number of benzene rings is 1. The second-order valence-corrected chi connectivity index (χ2v) is 2.80. The third-order valence-corrected chi connectivity index (χ3v) is 1.66. The molecule has 1 aromatic carbocycles. The molecule has 0 saturated carbocycles. The summed E-state index contributed by atoms with van der Waals surface area (Å²) in [6.45, 7) is 0.602. The number of rotatable bonds is 3. The van der Waals surface area contributed by atoms with Crippen LogP contribution in [0.5, 0.6) is 5.75 Å². The van der Waals surface area contributed by atoms with E-state index < -0.39 is 0 Å². The first-order chi connectivity index (χ1) is 5.68. The number of likely N-dealkylation sites (N-methyl/N-ethyl adjacent to an activating group) is 1. The van der Waals surface area contributed by atoms with E-state index in [1.54, 1.807) is 19.2 Å². The smallest absolute Gasteiger partial charge is 0.115 e. The molecule has 0 aliphatic carbocycles. The minimum atomic E-state index is 0.274. The Balaban J connectivity index is 2.48. The third kappa shape index (κ3) is 2.90. The molecule has 12 heavy (non-hydrogen) atoms. The fraction of sp³-hybridized carbons (Fsp3) is 0.333. The molecule has 0 amide bonds. The van der Waals surface area contributed by atoms with E-state index in [2.05, 4.69) is 0 Å². The number of aromatic hydroxyl groups is 1. The summed E-state index contributed by atoms with van der Waals surface area (Å²) in [7, 11) is 1.61. The van der Waals surface area contributed by atoms with Crippen molar-refractivity contribution in [3.05, 3.63) is 29.8 Å².